The number of nitrogens with zero attached hydrogens (tertiary/aromatic N) is 1. The second kappa shape index (κ2) is 9.79. The molecule has 2 rings (SSSR count). The normalized spacial score (nSPS) is 10.4. The number of ether oxygens (including phenoxy) is 1. The molecule has 0 aliphatic carbocycles. The van der Waals surface area contributed by atoms with Gasteiger partial charge in [-0.2, -0.15) is 0 Å². The van der Waals surface area contributed by atoms with Crippen molar-refractivity contribution in [2.45, 2.75) is 6.42 Å². The van der Waals surface area contributed by atoms with Gasteiger partial charge in [0.25, 0.3) is 5.91 Å². The van der Waals surface area contributed by atoms with E-state index in [1.807, 2.05) is 0 Å². The predicted octanol–water partition coefficient (Wildman–Crippen LogP) is 3.82. The lowest BCUT2D eigenvalue weighted by molar-refractivity contribution is -0.128. The quantitative estimate of drug-likeness (QED) is 0.628. The largest absolute Gasteiger partial charge is 0.494 e. The van der Waals surface area contributed by atoms with Crippen molar-refractivity contribution in [2.75, 3.05) is 26.7 Å². The molecule has 5 nitrogen and oxygen atoms in total. The summed E-state index contributed by atoms with van der Waals surface area (Å²) in [6.45, 7) is 1.02. The van der Waals surface area contributed by atoms with Crippen LogP contribution in [0.5, 0.6) is 5.75 Å². The smallest absolute Gasteiger partial charge is 0.261 e. The molecule has 0 aliphatic heterocycles. The number of thiophene rings is 1. The summed E-state index contributed by atoms with van der Waals surface area (Å²) in [5.41, 5.74) is 0. The monoisotopic (exact) mass is 444 g/mol. The Hall–Kier alpha value is -1.57. The Morgan fingerprint density at radius 1 is 1.24 bits per heavy atom. The zero-order valence-corrected chi connectivity index (χ0v) is 16.8. The van der Waals surface area contributed by atoms with Crippen LogP contribution in [0.2, 0.25) is 5.02 Å². The van der Waals surface area contributed by atoms with Gasteiger partial charge in [0.05, 0.1) is 21.8 Å². The minimum atomic E-state index is -0.247. The molecule has 0 radical (unpaired) electrons. The van der Waals surface area contributed by atoms with Crippen molar-refractivity contribution in [1.82, 2.24) is 10.2 Å². The fourth-order valence-electron chi connectivity index (χ4n) is 1.96. The van der Waals surface area contributed by atoms with E-state index in [2.05, 4.69) is 21.2 Å². The average Bonchev–Trinajstić information content (AvgIpc) is 3.04. The zero-order chi connectivity index (χ0) is 18.2. The SMILES string of the molecule is CN(CCCOc1ccc(Cl)cc1)C(=O)CNC(=O)c1ccc(Br)s1. The Morgan fingerprint density at radius 3 is 2.60 bits per heavy atom. The second-order valence-electron chi connectivity index (χ2n) is 5.26. The van der Waals surface area contributed by atoms with Gasteiger partial charge in [-0.05, 0) is 58.7 Å². The Labute approximate surface area is 164 Å². The van der Waals surface area contributed by atoms with Gasteiger partial charge in [0.15, 0.2) is 0 Å². The summed E-state index contributed by atoms with van der Waals surface area (Å²) >= 11 is 10.4. The second-order valence-corrected chi connectivity index (χ2v) is 8.16. The summed E-state index contributed by atoms with van der Waals surface area (Å²) in [4.78, 5) is 26.1. The Morgan fingerprint density at radius 2 is 1.96 bits per heavy atom. The van der Waals surface area contributed by atoms with Crippen LogP contribution in [0.3, 0.4) is 0 Å². The molecule has 25 heavy (non-hydrogen) atoms. The lowest BCUT2D eigenvalue weighted by Gasteiger charge is -2.17. The molecule has 1 aromatic carbocycles. The number of nitrogens with one attached hydrogen (secondary N) is 1. The molecule has 8 heteroatoms. The number of amides is 2. The molecule has 2 amide bonds. The number of benzene rings is 1. The van der Waals surface area contributed by atoms with Gasteiger partial charge in [-0.25, -0.2) is 0 Å². The van der Waals surface area contributed by atoms with E-state index in [-0.39, 0.29) is 18.4 Å². The van der Waals surface area contributed by atoms with Crippen LogP contribution in [0.1, 0.15) is 16.1 Å². The summed E-state index contributed by atoms with van der Waals surface area (Å²) < 4.78 is 6.46. The lowest BCUT2D eigenvalue weighted by atomic mass is 10.3. The molecule has 0 bridgehead atoms. The number of rotatable bonds is 8. The van der Waals surface area contributed by atoms with Gasteiger partial charge in [0.2, 0.25) is 5.91 Å². The third-order valence-corrected chi connectivity index (χ3v) is 5.22. The highest BCUT2D eigenvalue weighted by molar-refractivity contribution is 9.11. The highest BCUT2D eigenvalue weighted by atomic mass is 79.9. The first-order chi connectivity index (χ1) is 12.0. The van der Waals surface area contributed by atoms with Crippen LogP contribution in [0.4, 0.5) is 0 Å². The van der Waals surface area contributed by atoms with Crippen molar-refractivity contribution >= 4 is 50.7 Å². The maximum absolute atomic E-state index is 12.0. The van der Waals surface area contributed by atoms with E-state index in [0.717, 1.165) is 9.54 Å². The van der Waals surface area contributed by atoms with Crippen LogP contribution >= 0.6 is 38.9 Å². The maximum atomic E-state index is 12.0. The first kappa shape index (κ1) is 19.8. The Kier molecular flexibility index (Phi) is 7.74. The molecule has 0 atom stereocenters. The predicted molar refractivity (Wildman–Crippen MR) is 104 cm³/mol. The van der Waals surface area contributed by atoms with Gasteiger partial charge in [0.1, 0.15) is 5.75 Å². The van der Waals surface area contributed by atoms with E-state index >= 15 is 0 Å². The van der Waals surface area contributed by atoms with Crippen LogP contribution in [0, 0.1) is 0 Å². The van der Waals surface area contributed by atoms with E-state index < -0.39 is 0 Å². The molecule has 134 valence electrons. The first-order valence-electron chi connectivity index (χ1n) is 7.61. The van der Waals surface area contributed by atoms with Crippen molar-refractivity contribution in [2.24, 2.45) is 0 Å². The molecule has 2 aromatic rings. The first-order valence-corrected chi connectivity index (χ1v) is 9.60. The van der Waals surface area contributed by atoms with Crippen molar-refractivity contribution in [1.29, 1.82) is 0 Å². The van der Waals surface area contributed by atoms with Gasteiger partial charge in [-0.3, -0.25) is 9.59 Å². The van der Waals surface area contributed by atoms with E-state index in [1.165, 1.54) is 11.3 Å². The minimum absolute atomic E-state index is 0.0249. The van der Waals surface area contributed by atoms with E-state index in [9.17, 15) is 9.59 Å². The molecule has 0 fully saturated rings. The van der Waals surface area contributed by atoms with E-state index in [4.69, 9.17) is 16.3 Å². The third kappa shape index (κ3) is 6.68. The Balaban J connectivity index is 1.64. The van der Waals surface area contributed by atoms with Gasteiger partial charge in [-0.15, -0.1) is 11.3 Å². The van der Waals surface area contributed by atoms with Crippen LogP contribution < -0.4 is 10.1 Å². The fraction of sp³-hybridized carbons (Fsp3) is 0.294. The summed E-state index contributed by atoms with van der Waals surface area (Å²) in [7, 11) is 1.71. The summed E-state index contributed by atoms with van der Waals surface area (Å²) in [6, 6.07) is 10.6. The van der Waals surface area contributed by atoms with Gasteiger partial charge in [0, 0.05) is 18.6 Å². The van der Waals surface area contributed by atoms with Crippen molar-refractivity contribution < 1.29 is 14.3 Å². The fourth-order valence-corrected chi connectivity index (χ4v) is 3.39. The number of carbonyl (C=O) groups excluding carboxylic acids is 2. The molecule has 0 aliphatic rings. The molecule has 1 N–H and O–H groups in total. The maximum Gasteiger partial charge on any atom is 0.261 e. The summed E-state index contributed by atoms with van der Waals surface area (Å²) in [5.74, 6) is 0.353. The van der Waals surface area contributed by atoms with Crippen LogP contribution in [0.15, 0.2) is 40.2 Å². The molecule has 1 heterocycles. The van der Waals surface area contributed by atoms with E-state index in [1.54, 1.807) is 48.3 Å². The van der Waals surface area contributed by atoms with Crippen molar-refractivity contribution in [3.63, 3.8) is 0 Å². The molecular weight excluding hydrogens is 428 g/mol. The topological polar surface area (TPSA) is 58.6 Å². The number of carbonyl (C=O) groups is 2. The van der Waals surface area contributed by atoms with Crippen LogP contribution in [-0.4, -0.2) is 43.5 Å². The number of hydrogen-bond donors (Lipinski definition) is 1. The number of likely N-dealkylation sites (N-methyl/N-ethyl adjacent to an activating group) is 1. The molecule has 0 saturated carbocycles. The van der Waals surface area contributed by atoms with Gasteiger partial charge >= 0.3 is 0 Å². The van der Waals surface area contributed by atoms with Crippen molar-refractivity contribution in [3.05, 3.63) is 50.1 Å². The van der Waals surface area contributed by atoms with Gasteiger partial charge in [-0.1, -0.05) is 11.6 Å². The molecule has 0 unspecified atom stereocenters. The van der Waals surface area contributed by atoms with Crippen molar-refractivity contribution in [3.8, 4) is 5.75 Å². The highest BCUT2D eigenvalue weighted by Crippen LogP contribution is 2.21. The lowest BCUT2D eigenvalue weighted by Crippen LogP contribution is -2.38. The molecule has 0 saturated heterocycles. The summed E-state index contributed by atoms with van der Waals surface area (Å²) in [6.07, 6.45) is 0.691. The highest BCUT2D eigenvalue weighted by Gasteiger charge is 2.12. The number of hydrogen-bond acceptors (Lipinski definition) is 4. The standard InChI is InChI=1S/C17H18BrClN2O3S/c1-21(9-2-10-24-13-5-3-12(19)4-6-13)16(22)11-20-17(23)14-7-8-15(18)25-14/h3-8H,2,9-11H2,1H3,(H,20,23). The van der Waals surface area contributed by atoms with Crippen LogP contribution in [0.25, 0.3) is 0 Å². The number of halogens is 2. The minimum Gasteiger partial charge on any atom is -0.494 e. The summed E-state index contributed by atoms with van der Waals surface area (Å²) in [5, 5.41) is 3.29. The Bertz CT molecular complexity index is 721. The van der Waals surface area contributed by atoms with Crippen LogP contribution in [-0.2, 0) is 4.79 Å². The molecule has 1 aromatic heterocycles. The molecular formula is C17H18BrClN2O3S. The van der Waals surface area contributed by atoms with E-state index in [0.29, 0.717) is 29.5 Å². The third-order valence-electron chi connectivity index (χ3n) is 3.34. The average molecular weight is 446 g/mol. The van der Waals surface area contributed by atoms with Gasteiger partial charge < -0.3 is 15.0 Å². The molecule has 0 spiro atoms. The zero-order valence-electron chi connectivity index (χ0n) is 13.6.